The van der Waals surface area contributed by atoms with Crippen molar-refractivity contribution in [3.8, 4) is 0 Å². The number of sulfonamides is 1. The molecule has 3 rings (SSSR count). The normalized spacial score (nSPS) is 23.9. The third-order valence-corrected chi connectivity index (χ3v) is 7.41. The molecule has 1 saturated carbocycles. The monoisotopic (exact) mass is 322 g/mol. The van der Waals surface area contributed by atoms with Gasteiger partial charge in [-0.25, -0.2) is 12.7 Å². The number of benzene rings is 1. The zero-order chi connectivity index (χ0) is 15.7. The summed E-state index contributed by atoms with van der Waals surface area (Å²) in [4.78, 5) is 2.40. The highest BCUT2D eigenvalue weighted by Gasteiger charge is 2.41. The van der Waals surface area contributed by atoms with E-state index in [1.807, 2.05) is 0 Å². The van der Waals surface area contributed by atoms with E-state index < -0.39 is 10.0 Å². The second-order valence-corrected chi connectivity index (χ2v) is 8.99. The van der Waals surface area contributed by atoms with Crippen molar-refractivity contribution in [1.29, 1.82) is 0 Å². The van der Waals surface area contributed by atoms with Crippen molar-refractivity contribution in [3.05, 3.63) is 35.4 Å². The summed E-state index contributed by atoms with van der Waals surface area (Å²) in [7, 11) is -1.29. The van der Waals surface area contributed by atoms with E-state index in [2.05, 4.69) is 36.1 Å². The van der Waals surface area contributed by atoms with E-state index in [0.717, 1.165) is 45.3 Å². The van der Waals surface area contributed by atoms with E-state index >= 15 is 0 Å². The molecule has 1 unspecified atom stereocenters. The molecule has 0 radical (unpaired) electrons. The summed E-state index contributed by atoms with van der Waals surface area (Å²) < 4.78 is 26.5. The lowest BCUT2D eigenvalue weighted by atomic mass is 10.0. The minimum atomic E-state index is -3.06. The molecule has 0 aromatic heterocycles. The number of piperidine rings is 1. The minimum Gasteiger partial charge on any atom is -0.297 e. The van der Waals surface area contributed by atoms with Gasteiger partial charge in [0.25, 0.3) is 0 Å². The Bertz CT molecular complexity index is 625. The van der Waals surface area contributed by atoms with Gasteiger partial charge in [0, 0.05) is 26.2 Å². The highest BCUT2D eigenvalue weighted by atomic mass is 32.2. The van der Waals surface area contributed by atoms with Crippen LogP contribution in [0.2, 0.25) is 0 Å². The van der Waals surface area contributed by atoms with Gasteiger partial charge >= 0.3 is 0 Å². The van der Waals surface area contributed by atoms with Gasteiger partial charge < -0.3 is 0 Å². The SMILES string of the molecule is Cc1ccccc1CN1CCCC(N(C)S(=O)(=O)C2CC2)C1. The summed E-state index contributed by atoms with van der Waals surface area (Å²) in [6.45, 7) is 4.96. The fraction of sp³-hybridized carbons (Fsp3) is 0.647. The molecule has 0 spiro atoms. The number of likely N-dealkylation sites (N-methyl/N-ethyl adjacent to an activating group) is 1. The van der Waals surface area contributed by atoms with Gasteiger partial charge in [0.1, 0.15) is 0 Å². The van der Waals surface area contributed by atoms with Crippen molar-refractivity contribution in [2.24, 2.45) is 0 Å². The van der Waals surface area contributed by atoms with E-state index in [4.69, 9.17) is 0 Å². The van der Waals surface area contributed by atoms with Gasteiger partial charge in [-0.1, -0.05) is 24.3 Å². The van der Waals surface area contributed by atoms with Crippen LogP contribution in [0.3, 0.4) is 0 Å². The van der Waals surface area contributed by atoms with Crippen LogP contribution in [0, 0.1) is 6.92 Å². The van der Waals surface area contributed by atoms with Gasteiger partial charge in [-0.15, -0.1) is 0 Å². The Morgan fingerprint density at radius 1 is 1.23 bits per heavy atom. The van der Waals surface area contributed by atoms with E-state index in [0.29, 0.717) is 0 Å². The van der Waals surface area contributed by atoms with Crippen LogP contribution in [0.1, 0.15) is 36.8 Å². The maximum absolute atomic E-state index is 12.4. The van der Waals surface area contributed by atoms with Gasteiger partial charge in [-0.05, 0) is 50.3 Å². The predicted molar refractivity (Wildman–Crippen MR) is 89.2 cm³/mol. The molecule has 1 atom stereocenters. The minimum absolute atomic E-state index is 0.107. The zero-order valence-corrected chi connectivity index (χ0v) is 14.3. The summed E-state index contributed by atoms with van der Waals surface area (Å²) in [5.41, 5.74) is 2.65. The summed E-state index contributed by atoms with van der Waals surface area (Å²) in [6.07, 6.45) is 3.73. The van der Waals surface area contributed by atoms with Gasteiger partial charge in [0.15, 0.2) is 0 Å². The maximum Gasteiger partial charge on any atom is 0.217 e. The molecule has 4 nitrogen and oxygen atoms in total. The smallest absolute Gasteiger partial charge is 0.217 e. The van der Waals surface area contributed by atoms with Crippen LogP contribution >= 0.6 is 0 Å². The third kappa shape index (κ3) is 3.36. The molecule has 0 bridgehead atoms. The van der Waals surface area contributed by atoms with Crippen molar-refractivity contribution in [3.63, 3.8) is 0 Å². The lowest BCUT2D eigenvalue weighted by Crippen LogP contribution is -2.49. The van der Waals surface area contributed by atoms with E-state index in [-0.39, 0.29) is 11.3 Å². The lowest BCUT2D eigenvalue weighted by Gasteiger charge is -2.37. The second-order valence-electron chi connectivity index (χ2n) is 6.72. The molecule has 122 valence electrons. The molecule has 1 aliphatic carbocycles. The molecule has 2 fully saturated rings. The summed E-state index contributed by atoms with van der Waals surface area (Å²) in [5, 5.41) is -0.107. The molecule has 5 heteroatoms. The van der Waals surface area contributed by atoms with E-state index in [9.17, 15) is 8.42 Å². The zero-order valence-electron chi connectivity index (χ0n) is 13.5. The lowest BCUT2D eigenvalue weighted by molar-refractivity contribution is 0.153. The molecular formula is C17H26N2O2S. The van der Waals surface area contributed by atoms with Crippen molar-refractivity contribution in [2.45, 2.75) is 50.4 Å². The van der Waals surface area contributed by atoms with Crippen LogP contribution in [-0.4, -0.2) is 49.1 Å². The van der Waals surface area contributed by atoms with Gasteiger partial charge in [0.2, 0.25) is 10.0 Å². The third-order valence-electron chi connectivity index (χ3n) is 5.00. The molecule has 1 heterocycles. The maximum atomic E-state index is 12.4. The number of likely N-dealkylation sites (tertiary alicyclic amines) is 1. The predicted octanol–water partition coefficient (Wildman–Crippen LogP) is 2.38. The van der Waals surface area contributed by atoms with Crippen molar-refractivity contribution in [1.82, 2.24) is 9.21 Å². The number of rotatable bonds is 5. The van der Waals surface area contributed by atoms with Crippen LogP contribution in [0.4, 0.5) is 0 Å². The Morgan fingerprint density at radius 3 is 2.64 bits per heavy atom. The average Bonchev–Trinajstić information content (AvgIpc) is 3.34. The fourth-order valence-electron chi connectivity index (χ4n) is 3.31. The summed E-state index contributed by atoms with van der Waals surface area (Å²) in [6, 6.07) is 8.58. The molecule has 0 N–H and O–H groups in total. The van der Waals surface area contributed by atoms with Gasteiger partial charge in [0.05, 0.1) is 5.25 Å². The summed E-state index contributed by atoms with van der Waals surface area (Å²) >= 11 is 0. The first-order chi connectivity index (χ1) is 10.5. The number of nitrogens with zero attached hydrogens (tertiary/aromatic N) is 2. The van der Waals surface area contributed by atoms with Crippen LogP contribution in [0.25, 0.3) is 0 Å². The largest absolute Gasteiger partial charge is 0.297 e. The first-order valence-electron chi connectivity index (χ1n) is 8.22. The fourth-order valence-corrected chi connectivity index (χ4v) is 5.10. The topological polar surface area (TPSA) is 40.6 Å². The van der Waals surface area contributed by atoms with Crippen LogP contribution in [0.5, 0.6) is 0 Å². The van der Waals surface area contributed by atoms with E-state index in [1.54, 1.807) is 11.4 Å². The second kappa shape index (κ2) is 6.30. The number of hydrogen-bond donors (Lipinski definition) is 0. The highest BCUT2D eigenvalue weighted by molar-refractivity contribution is 7.90. The molecular weight excluding hydrogens is 296 g/mol. The Hall–Kier alpha value is -0.910. The van der Waals surface area contributed by atoms with Crippen LogP contribution in [-0.2, 0) is 16.6 Å². The van der Waals surface area contributed by atoms with E-state index in [1.165, 1.54) is 11.1 Å². The Labute approximate surface area is 134 Å². The van der Waals surface area contributed by atoms with Crippen molar-refractivity contribution >= 4 is 10.0 Å². The average molecular weight is 322 g/mol. The highest BCUT2D eigenvalue weighted by Crippen LogP contribution is 2.32. The van der Waals surface area contributed by atoms with Crippen molar-refractivity contribution in [2.75, 3.05) is 20.1 Å². The van der Waals surface area contributed by atoms with Crippen molar-refractivity contribution < 1.29 is 8.42 Å². The molecule has 1 aliphatic heterocycles. The Kier molecular flexibility index (Phi) is 4.57. The Balaban J connectivity index is 1.65. The Morgan fingerprint density at radius 2 is 1.95 bits per heavy atom. The first-order valence-corrected chi connectivity index (χ1v) is 9.72. The summed E-state index contributed by atoms with van der Waals surface area (Å²) in [5.74, 6) is 0. The number of hydrogen-bond acceptors (Lipinski definition) is 3. The number of aryl methyl sites for hydroxylation is 1. The van der Waals surface area contributed by atoms with Crippen LogP contribution < -0.4 is 0 Å². The quantitative estimate of drug-likeness (QED) is 0.836. The molecule has 1 aromatic rings. The standard InChI is InChI=1S/C17H26N2O2S/c1-14-6-3-4-7-15(14)12-19-11-5-8-16(13-19)18(2)22(20,21)17-9-10-17/h3-4,6-7,16-17H,5,8-13H2,1-2H3. The first kappa shape index (κ1) is 16.0. The van der Waals surface area contributed by atoms with Crippen LogP contribution in [0.15, 0.2) is 24.3 Å². The van der Waals surface area contributed by atoms with Gasteiger partial charge in [-0.2, -0.15) is 0 Å². The molecule has 1 aromatic carbocycles. The molecule has 22 heavy (non-hydrogen) atoms. The molecule has 1 saturated heterocycles. The molecule has 0 amide bonds. The molecule has 2 aliphatic rings. The van der Waals surface area contributed by atoms with Gasteiger partial charge in [-0.3, -0.25) is 4.90 Å².